The molecule has 3 nitrogen and oxygen atoms in total. The molecule has 19 heavy (non-hydrogen) atoms. The highest BCUT2D eigenvalue weighted by Crippen LogP contribution is 2.18. The van der Waals surface area contributed by atoms with Gasteiger partial charge in [-0.15, -0.1) is 0 Å². The molecule has 0 radical (unpaired) electrons. The molecule has 0 bridgehead atoms. The Balaban J connectivity index is 2.10. The van der Waals surface area contributed by atoms with E-state index >= 15 is 0 Å². The van der Waals surface area contributed by atoms with Crippen LogP contribution in [0.4, 0.5) is 0 Å². The first kappa shape index (κ1) is 13.1. The maximum atomic E-state index is 10.9. The molecule has 0 heterocycles. The molecule has 0 saturated heterocycles. The molecule has 2 aromatic carbocycles. The second kappa shape index (κ2) is 5.57. The molecule has 0 saturated carbocycles. The molecule has 3 heteroatoms. The first-order chi connectivity index (χ1) is 9.06. The zero-order valence-electron chi connectivity index (χ0n) is 10.8. The third-order valence-electron chi connectivity index (χ3n) is 3.18. The van der Waals surface area contributed by atoms with Crippen molar-refractivity contribution in [2.75, 3.05) is 0 Å². The molecule has 2 rings (SSSR count). The highest BCUT2D eigenvalue weighted by atomic mass is 16.4. The van der Waals surface area contributed by atoms with Crippen LogP contribution in [0.1, 0.15) is 27.0 Å². The van der Waals surface area contributed by atoms with Crippen LogP contribution in [0.5, 0.6) is 5.75 Å². The van der Waals surface area contributed by atoms with Crippen LogP contribution >= 0.6 is 0 Å². The minimum absolute atomic E-state index is 0.272. The number of rotatable bonds is 4. The monoisotopic (exact) mass is 256 g/mol. The van der Waals surface area contributed by atoms with Gasteiger partial charge in [-0.05, 0) is 60.7 Å². The molecule has 0 amide bonds. The number of aromatic carboxylic acids is 1. The Hall–Kier alpha value is -2.29. The summed E-state index contributed by atoms with van der Waals surface area (Å²) in [5.74, 6) is -0.628. The lowest BCUT2D eigenvalue weighted by molar-refractivity contribution is 0.0696. The number of phenols is 1. The van der Waals surface area contributed by atoms with Crippen LogP contribution in [0.15, 0.2) is 42.5 Å². The van der Waals surface area contributed by atoms with Crippen molar-refractivity contribution in [3.05, 3.63) is 64.7 Å². The summed E-state index contributed by atoms with van der Waals surface area (Å²) in [4.78, 5) is 10.9. The number of hydrogen-bond donors (Lipinski definition) is 2. The molecular weight excluding hydrogens is 240 g/mol. The van der Waals surface area contributed by atoms with Crippen molar-refractivity contribution >= 4 is 5.97 Å². The predicted octanol–water partition coefficient (Wildman–Crippen LogP) is 3.18. The number of benzene rings is 2. The van der Waals surface area contributed by atoms with Crippen molar-refractivity contribution in [3.8, 4) is 5.75 Å². The number of phenolic OH excluding ortho intramolecular Hbond substituents is 1. The fourth-order valence-corrected chi connectivity index (χ4v) is 2.10. The summed E-state index contributed by atoms with van der Waals surface area (Å²) in [7, 11) is 0. The van der Waals surface area contributed by atoms with Crippen molar-refractivity contribution in [1.29, 1.82) is 0 Å². The second-order valence-corrected chi connectivity index (χ2v) is 4.62. The zero-order chi connectivity index (χ0) is 13.8. The molecular formula is C16H16O3. The molecule has 0 fully saturated rings. The molecule has 0 aliphatic carbocycles. The molecule has 98 valence electrons. The van der Waals surface area contributed by atoms with Gasteiger partial charge in [0, 0.05) is 0 Å². The summed E-state index contributed by atoms with van der Waals surface area (Å²) >= 11 is 0. The van der Waals surface area contributed by atoms with Crippen molar-refractivity contribution in [2.24, 2.45) is 0 Å². The summed E-state index contributed by atoms with van der Waals surface area (Å²) < 4.78 is 0. The number of carbonyl (C=O) groups is 1. The Kier molecular flexibility index (Phi) is 3.85. The van der Waals surface area contributed by atoms with Gasteiger partial charge < -0.3 is 10.2 Å². The van der Waals surface area contributed by atoms with Crippen LogP contribution in [-0.2, 0) is 12.8 Å². The molecule has 0 aliphatic rings. The zero-order valence-corrected chi connectivity index (χ0v) is 10.8. The molecule has 0 aromatic heterocycles. The Labute approximate surface area is 112 Å². The largest absolute Gasteiger partial charge is 0.508 e. The average Bonchev–Trinajstić information content (AvgIpc) is 2.38. The standard InChI is InChI=1S/C16H16O3/c1-11-9-15(17)8-7-13(11)6-5-12-3-2-4-14(10-12)16(18)19/h2-4,7-10,17H,5-6H2,1H3,(H,18,19). The van der Waals surface area contributed by atoms with Gasteiger partial charge in [0.15, 0.2) is 0 Å². The quantitative estimate of drug-likeness (QED) is 0.883. The molecule has 2 aromatic rings. The van der Waals surface area contributed by atoms with Crippen LogP contribution < -0.4 is 0 Å². The SMILES string of the molecule is Cc1cc(O)ccc1CCc1cccc(C(=O)O)c1. The van der Waals surface area contributed by atoms with Crippen molar-refractivity contribution in [2.45, 2.75) is 19.8 Å². The summed E-state index contributed by atoms with van der Waals surface area (Å²) in [6.45, 7) is 1.96. The third kappa shape index (κ3) is 3.35. The third-order valence-corrected chi connectivity index (χ3v) is 3.18. The lowest BCUT2D eigenvalue weighted by atomic mass is 9.99. The van der Waals surface area contributed by atoms with Crippen molar-refractivity contribution in [1.82, 2.24) is 0 Å². The van der Waals surface area contributed by atoms with E-state index in [2.05, 4.69) is 0 Å². The fraction of sp³-hybridized carbons (Fsp3) is 0.188. The van der Waals surface area contributed by atoms with Gasteiger partial charge >= 0.3 is 5.97 Å². The first-order valence-corrected chi connectivity index (χ1v) is 6.17. The van der Waals surface area contributed by atoms with Crippen LogP contribution in [-0.4, -0.2) is 16.2 Å². The van der Waals surface area contributed by atoms with E-state index in [9.17, 15) is 9.90 Å². The maximum Gasteiger partial charge on any atom is 0.335 e. The number of aryl methyl sites for hydroxylation is 3. The highest BCUT2D eigenvalue weighted by molar-refractivity contribution is 5.87. The van der Waals surface area contributed by atoms with Gasteiger partial charge in [0.2, 0.25) is 0 Å². The van der Waals surface area contributed by atoms with Crippen molar-refractivity contribution < 1.29 is 15.0 Å². The Bertz CT molecular complexity index is 603. The summed E-state index contributed by atoms with van der Waals surface area (Å²) in [5.41, 5.74) is 3.54. The van der Waals surface area contributed by atoms with Gasteiger partial charge in [0.25, 0.3) is 0 Å². The van der Waals surface area contributed by atoms with Gasteiger partial charge in [-0.3, -0.25) is 0 Å². The van der Waals surface area contributed by atoms with E-state index in [1.165, 1.54) is 5.56 Å². The Morgan fingerprint density at radius 3 is 2.58 bits per heavy atom. The normalized spacial score (nSPS) is 10.4. The number of carboxylic acids is 1. The molecule has 0 spiro atoms. The van der Waals surface area contributed by atoms with E-state index in [1.807, 2.05) is 19.1 Å². The Morgan fingerprint density at radius 1 is 1.11 bits per heavy atom. The van der Waals surface area contributed by atoms with Crippen LogP contribution in [0.25, 0.3) is 0 Å². The minimum atomic E-state index is -0.900. The van der Waals surface area contributed by atoms with Crippen LogP contribution in [0.2, 0.25) is 0 Å². The Morgan fingerprint density at radius 2 is 1.89 bits per heavy atom. The summed E-state index contributed by atoms with van der Waals surface area (Å²) in [5, 5.41) is 18.3. The van der Waals surface area contributed by atoms with Gasteiger partial charge in [-0.25, -0.2) is 4.79 Å². The van der Waals surface area contributed by atoms with E-state index in [-0.39, 0.29) is 5.75 Å². The minimum Gasteiger partial charge on any atom is -0.508 e. The van der Waals surface area contributed by atoms with E-state index in [1.54, 1.807) is 30.3 Å². The number of hydrogen-bond acceptors (Lipinski definition) is 2. The van der Waals surface area contributed by atoms with E-state index in [0.717, 1.165) is 24.0 Å². The van der Waals surface area contributed by atoms with Crippen molar-refractivity contribution in [3.63, 3.8) is 0 Å². The first-order valence-electron chi connectivity index (χ1n) is 6.17. The number of carboxylic acid groups (broad SMARTS) is 1. The highest BCUT2D eigenvalue weighted by Gasteiger charge is 2.04. The smallest absolute Gasteiger partial charge is 0.335 e. The van der Waals surface area contributed by atoms with Crippen LogP contribution in [0, 0.1) is 6.92 Å². The van der Waals surface area contributed by atoms with Gasteiger partial charge in [-0.2, -0.15) is 0 Å². The average molecular weight is 256 g/mol. The predicted molar refractivity (Wildman–Crippen MR) is 73.7 cm³/mol. The summed E-state index contributed by atoms with van der Waals surface area (Å²) in [6.07, 6.45) is 1.61. The molecule has 0 aliphatic heterocycles. The van der Waals surface area contributed by atoms with Gasteiger partial charge in [0.05, 0.1) is 5.56 Å². The number of aromatic hydroxyl groups is 1. The topological polar surface area (TPSA) is 57.5 Å². The molecule has 0 unspecified atom stereocenters. The second-order valence-electron chi connectivity index (χ2n) is 4.62. The molecule has 2 N–H and O–H groups in total. The molecule has 0 atom stereocenters. The van der Waals surface area contributed by atoms with E-state index in [4.69, 9.17) is 5.11 Å². The lowest BCUT2D eigenvalue weighted by Crippen LogP contribution is -1.99. The van der Waals surface area contributed by atoms with Gasteiger partial charge in [0.1, 0.15) is 5.75 Å². The van der Waals surface area contributed by atoms with Gasteiger partial charge in [-0.1, -0.05) is 18.2 Å². The maximum absolute atomic E-state index is 10.9. The fourth-order valence-electron chi connectivity index (χ4n) is 2.10. The van der Waals surface area contributed by atoms with E-state index < -0.39 is 5.97 Å². The van der Waals surface area contributed by atoms with E-state index in [0.29, 0.717) is 5.56 Å². The van der Waals surface area contributed by atoms with Crippen LogP contribution in [0.3, 0.4) is 0 Å². The summed E-state index contributed by atoms with van der Waals surface area (Å²) in [6, 6.07) is 12.3. The lowest BCUT2D eigenvalue weighted by Gasteiger charge is -2.07.